The van der Waals surface area contributed by atoms with E-state index in [4.69, 9.17) is 14.9 Å². The van der Waals surface area contributed by atoms with Crippen molar-refractivity contribution in [2.75, 3.05) is 19.7 Å². The van der Waals surface area contributed by atoms with Gasteiger partial charge in [0.15, 0.2) is 5.76 Å². The first-order valence-corrected chi connectivity index (χ1v) is 6.80. The van der Waals surface area contributed by atoms with E-state index in [1.54, 1.807) is 11.0 Å². The fraction of sp³-hybridized carbons (Fsp3) is 0.400. The van der Waals surface area contributed by atoms with Crippen molar-refractivity contribution >= 4 is 16.9 Å². The summed E-state index contributed by atoms with van der Waals surface area (Å²) in [6.07, 6.45) is -0.0977. The van der Waals surface area contributed by atoms with Crippen molar-refractivity contribution in [3.8, 4) is 0 Å². The number of carbonyl (C=O) groups excluding carboxylic acids is 1. The molecule has 1 saturated heterocycles. The van der Waals surface area contributed by atoms with Crippen molar-refractivity contribution in [1.29, 1.82) is 0 Å². The number of morpholine rings is 1. The van der Waals surface area contributed by atoms with Gasteiger partial charge < -0.3 is 19.8 Å². The minimum Gasteiger partial charge on any atom is -0.451 e. The second-order valence-corrected chi connectivity index (χ2v) is 5.15. The Morgan fingerprint density at radius 1 is 1.45 bits per heavy atom. The zero-order valence-corrected chi connectivity index (χ0v) is 11.4. The molecule has 0 bridgehead atoms. The lowest BCUT2D eigenvalue weighted by molar-refractivity contribution is -0.0434. The number of nitrogens with zero attached hydrogens (tertiary/aromatic N) is 1. The van der Waals surface area contributed by atoms with Crippen LogP contribution in [0, 0.1) is 0 Å². The van der Waals surface area contributed by atoms with Gasteiger partial charge >= 0.3 is 0 Å². The van der Waals surface area contributed by atoms with Crippen molar-refractivity contribution in [3.05, 3.63) is 36.1 Å². The maximum atomic E-state index is 12.6. The van der Waals surface area contributed by atoms with E-state index < -0.39 is 0 Å². The lowest BCUT2D eigenvalue weighted by Crippen LogP contribution is -2.52. The average molecular weight is 274 g/mol. The zero-order valence-electron chi connectivity index (χ0n) is 11.4. The van der Waals surface area contributed by atoms with E-state index in [1.165, 1.54) is 0 Å². The molecule has 0 radical (unpaired) electrons. The van der Waals surface area contributed by atoms with Gasteiger partial charge in [-0.2, -0.15) is 0 Å². The Hall–Kier alpha value is -1.85. The molecular formula is C15H18N2O3. The first-order valence-electron chi connectivity index (χ1n) is 6.80. The van der Waals surface area contributed by atoms with Crippen LogP contribution in [0.25, 0.3) is 11.0 Å². The van der Waals surface area contributed by atoms with Crippen LogP contribution in [0.2, 0.25) is 0 Å². The number of hydrogen-bond donors (Lipinski definition) is 1. The van der Waals surface area contributed by atoms with Gasteiger partial charge in [0, 0.05) is 18.5 Å². The van der Waals surface area contributed by atoms with Crippen LogP contribution in [-0.4, -0.2) is 42.6 Å². The molecule has 3 rings (SSSR count). The molecule has 2 heterocycles. The summed E-state index contributed by atoms with van der Waals surface area (Å²) in [5.41, 5.74) is 6.35. The highest BCUT2D eigenvalue weighted by Crippen LogP contribution is 2.22. The van der Waals surface area contributed by atoms with Crippen LogP contribution in [0.15, 0.2) is 34.7 Å². The van der Waals surface area contributed by atoms with Crippen LogP contribution in [0.1, 0.15) is 17.5 Å². The van der Waals surface area contributed by atoms with E-state index in [0.717, 1.165) is 11.0 Å². The fourth-order valence-corrected chi connectivity index (χ4v) is 2.47. The van der Waals surface area contributed by atoms with Gasteiger partial charge in [0.05, 0.1) is 18.8 Å². The predicted octanol–water partition coefficient (Wildman–Crippen LogP) is 1.62. The van der Waals surface area contributed by atoms with E-state index in [1.807, 2.05) is 31.2 Å². The molecule has 0 aliphatic carbocycles. The van der Waals surface area contributed by atoms with Gasteiger partial charge in [-0.25, -0.2) is 0 Å². The third kappa shape index (κ3) is 2.30. The molecule has 1 aromatic carbocycles. The number of furan rings is 1. The summed E-state index contributed by atoms with van der Waals surface area (Å²) < 4.78 is 11.2. The van der Waals surface area contributed by atoms with Gasteiger partial charge in [-0.1, -0.05) is 18.2 Å². The van der Waals surface area contributed by atoms with Crippen LogP contribution in [0.3, 0.4) is 0 Å². The molecule has 1 aliphatic rings. The Bertz CT molecular complexity index is 589. The van der Waals surface area contributed by atoms with Crippen LogP contribution < -0.4 is 5.73 Å². The van der Waals surface area contributed by atoms with Crippen molar-refractivity contribution in [3.63, 3.8) is 0 Å². The SMILES string of the molecule is CC1COC(CN)CN1C(=O)c1cc2ccccc2o1. The fourth-order valence-electron chi connectivity index (χ4n) is 2.47. The molecule has 2 atom stereocenters. The molecule has 2 unspecified atom stereocenters. The predicted molar refractivity (Wildman–Crippen MR) is 75.5 cm³/mol. The second kappa shape index (κ2) is 5.26. The quantitative estimate of drug-likeness (QED) is 0.903. The number of carbonyl (C=O) groups is 1. The molecule has 1 amide bonds. The Labute approximate surface area is 117 Å². The van der Waals surface area contributed by atoms with E-state index in [0.29, 0.717) is 25.5 Å². The maximum absolute atomic E-state index is 12.6. The summed E-state index contributed by atoms with van der Waals surface area (Å²) in [5.74, 6) is 0.270. The number of hydrogen-bond acceptors (Lipinski definition) is 4. The molecular weight excluding hydrogens is 256 g/mol. The molecule has 20 heavy (non-hydrogen) atoms. The Morgan fingerprint density at radius 2 is 2.25 bits per heavy atom. The smallest absolute Gasteiger partial charge is 0.290 e. The first-order chi connectivity index (χ1) is 9.69. The number of fused-ring (bicyclic) bond motifs is 1. The lowest BCUT2D eigenvalue weighted by Gasteiger charge is -2.37. The summed E-state index contributed by atoms with van der Waals surface area (Å²) in [6.45, 7) is 3.39. The normalized spacial score (nSPS) is 23.2. The second-order valence-electron chi connectivity index (χ2n) is 5.15. The molecule has 1 aliphatic heterocycles. The summed E-state index contributed by atoms with van der Waals surface area (Å²) in [5, 5.41) is 0.937. The Kier molecular flexibility index (Phi) is 3.46. The minimum atomic E-state index is -0.101. The summed E-state index contributed by atoms with van der Waals surface area (Å²) in [4.78, 5) is 14.4. The molecule has 1 aromatic heterocycles. The summed E-state index contributed by atoms with van der Waals surface area (Å²) in [7, 11) is 0. The number of nitrogens with two attached hydrogens (primary N) is 1. The third-order valence-corrected chi connectivity index (χ3v) is 3.67. The number of para-hydroxylation sites is 1. The number of benzene rings is 1. The van der Waals surface area contributed by atoms with Crippen molar-refractivity contribution in [2.24, 2.45) is 5.73 Å². The average Bonchev–Trinajstić information content (AvgIpc) is 2.91. The number of rotatable bonds is 2. The molecule has 2 aromatic rings. The zero-order chi connectivity index (χ0) is 14.1. The molecule has 1 fully saturated rings. The van der Waals surface area contributed by atoms with Crippen molar-refractivity contribution in [2.45, 2.75) is 19.1 Å². The van der Waals surface area contributed by atoms with Crippen molar-refractivity contribution in [1.82, 2.24) is 4.90 Å². The highest BCUT2D eigenvalue weighted by atomic mass is 16.5. The van der Waals surface area contributed by atoms with E-state index in [9.17, 15) is 4.79 Å². The van der Waals surface area contributed by atoms with Crippen LogP contribution in [0.4, 0.5) is 0 Å². The lowest BCUT2D eigenvalue weighted by atomic mass is 10.1. The highest BCUT2D eigenvalue weighted by Gasteiger charge is 2.31. The van der Waals surface area contributed by atoms with Crippen molar-refractivity contribution < 1.29 is 13.9 Å². The van der Waals surface area contributed by atoms with E-state index in [-0.39, 0.29) is 18.1 Å². The molecule has 0 spiro atoms. The Morgan fingerprint density at radius 3 is 3.00 bits per heavy atom. The highest BCUT2D eigenvalue weighted by molar-refractivity contribution is 5.96. The molecule has 5 heteroatoms. The minimum absolute atomic E-state index is 0.0264. The van der Waals surface area contributed by atoms with E-state index in [2.05, 4.69) is 0 Å². The summed E-state index contributed by atoms with van der Waals surface area (Å²) >= 11 is 0. The standard InChI is InChI=1S/C15H18N2O3/c1-10-9-19-12(7-16)8-17(10)15(18)14-6-11-4-2-3-5-13(11)20-14/h2-6,10,12H,7-9,16H2,1H3. The largest absolute Gasteiger partial charge is 0.451 e. The molecule has 0 saturated carbocycles. The topological polar surface area (TPSA) is 68.7 Å². The van der Waals surface area contributed by atoms with E-state index >= 15 is 0 Å². The van der Waals surface area contributed by atoms with Gasteiger partial charge in [0.2, 0.25) is 0 Å². The first kappa shape index (κ1) is 13.1. The summed E-state index contributed by atoms with van der Waals surface area (Å²) in [6, 6.07) is 9.42. The van der Waals surface area contributed by atoms with Crippen LogP contribution >= 0.6 is 0 Å². The monoisotopic (exact) mass is 274 g/mol. The molecule has 106 valence electrons. The van der Waals surface area contributed by atoms with Gasteiger partial charge in [-0.05, 0) is 19.1 Å². The van der Waals surface area contributed by atoms with Gasteiger partial charge in [0.1, 0.15) is 5.58 Å². The number of amides is 1. The van der Waals surface area contributed by atoms with Gasteiger partial charge in [-0.15, -0.1) is 0 Å². The van der Waals surface area contributed by atoms with Crippen LogP contribution in [0.5, 0.6) is 0 Å². The maximum Gasteiger partial charge on any atom is 0.290 e. The van der Waals surface area contributed by atoms with Crippen LogP contribution in [-0.2, 0) is 4.74 Å². The molecule has 2 N–H and O–H groups in total. The number of ether oxygens (including phenoxy) is 1. The van der Waals surface area contributed by atoms with Gasteiger partial charge in [-0.3, -0.25) is 4.79 Å². The Balaban J connectivity index is 1.86. The van der Waals surface area contributed by atoms with Gasteiger partial charge in [0.25, 0.3) is 5.91 Å². The third-order valence-electron chi connectivity index (χ3n) is 3.67. The molecule has 5 nitrogen and oxygen atoms in total.